The standard InChI is InChI=1S/C17H12FN5/c18-11-7-13(12-3-6-21-14(12)8-11)15-9-16(19)23-17(22-15)10-1-4-20-5-2-10/h1-9,21H,(H2,19,22,23). The summed E-state index contributed by atoms with van der Waals surface area (Å²) >= 11 is 0. The quantitative estimate of drug-likeness (QED) is 0.594. The summed E-state index contributed by atoms with van der Waals surface area (Å²) < 4.78 is 13.9. The van der Waals surface area contributed by atoms with E-state index in [1.54, 1.807) is 36.8 Å². The Morgan fingerprint density at radius 3 is 2.65 bits per heavy atom. The van der Waals surface area contributed by atoms with Gasteiger partial charge in [0.25, 0.3) is 0 Å². The number of halogens is 1. The van der Waals surface area contributed by atoms with E-state index in [1.807, 2.05) is 6.07 Å². The van der Waals surface area contributed by atoms with Gasteiger partial charge in [-0.1, -0.05) is 0 Å². The molecule has 0 aliphatic carbocycles. The van der Waals surface area contributed by atoms with Crippen LogP contribution in [0.1, 0.15) is 0 Å². The Hall–Kier alpha value is -3.28. The number of fused-ring (bicyclic) bond motifs is 1. The zero-order valence-corrected chi connectivity index (χ0v) is 12.0. The molecule has 5 nitrogen and oxygen atoms in total. The van der Waals surface area contributed by atoms with Gasteiger partial charge in [0, 0.05) is 46.7 Å². The minimum Gasteiger partial charge on any atom is -0.384 e. The van der Waals surface area contributed by atoms with Gasteiger partial charge in [0.05, 0.1) is 5.69 Å². The highest BCUT2D eigenvalue weighted by atomic mass is 19.1. The van der Waals surface area contributed by atoms with Gasteiger partial charge < -0.3 is 10.7 Å². The molecule has 0 aliphatic rings. The lowest BCUT2D eigenvalue weighted by Gasteiger charge is -2.08. The van der Waals surface area contributed by atoms with Crippen LogP contribution in [0.5, 0.6) is 0 Å². The molecule has 0 radical (unpaired) electrons. The molecule has 0 saturated carbocycles. The van der Waals surface area contributed by atoms with Crippen LogP contribution in [-0.2, 0) is 0 Å². The molecule has 0 atom stereocenters. The molecule has 23 heavy (non-hydrogen) atoms. The molecular formula is C17H12FN5. The number of hydrogen-bond acceptors (Lipinski definition) is 4. The van der Waals surface area contributed by atoms with Crippen molar-refractivity contribution >= 4 is 16.7 Å². The van der Waals surface area contributed by atoms with Gasteiger partial charge in [-0.15, -0.1) is 0 Å². The molecule has 0 saturated heterocycles. The van der Waals surface area contributed by atoms with Crippen molar-refractivity contribution in [2.24, 2.45) is 0 Å². The van der Waals surface area contributed by atoms with Gasteiger partial charge in [0.15, 0.2) is 5.82 Å². The summed E-state index contributed by atoms with van der Waals surface area (Å²) in [5.41, 5.74) is 8.68. The Bertz CT molecular complexity index is 994. The van der Waals surface area contributed by atoms with Crippen LogP contribution in [-0.4, -0.2) is 19.9 Å². The maximum atomic E-state index is 13.9. The molecule has 3 N–H and O–H groups in total. The molecule has 0 fully saturated rings. The highest BCUT2D eigenvalue weighted by Gasteiger charge is 2.12. The van der Waals surface area contributed by atoms with Gasteiger partial charge in [-0.3, -0.25) is 4.98 Å². The van der Waals surface area contributed by atoms with Crippen LogP contribution in [0, 0.1) is 5.82 Å². The first-order valence-corrected chi connectivity index (χ1v) is 7.03. The Labute approximate surface area is 131 Å². The Kier molecular flexibility index (Phi) is 3.01. The number of nitrogens with zero attached hydrogens (tertiary/aromatic N) is 3. The van der Waals surface area contributed by atoms with E-state index >= 15 is 0 Å². The number of aromatic amines is 1. The fourth-order valence-electron chi connectivity index (χ4n) is 2.58. The number of pyridine rings is 1. The second kappa shape index (κ2) is 5.17. The second-order valence-electron chi connectivity index (χ2n) is 5.13. The fraction of sp³-hybridized carbons (Fsp3) is 0. The predicted molar refractivity (Wildman–Crippen MR) is 86.9 cm³/mol. The molecule has 112 valence electrons. The number of nitrogens with two attached hydrogens (primary N) is 1. The first-order chi connectivity index (χ1) is 11.2. The molecule has 4 aromatic rings. The van der Waals surface area contributed by atoms with E-state index in [0.717, 1.165) is 10.9 Å². The normalized spacial score (nSPS) is 11.0. The molecule has 0 amide bonds. The number of hydrogen-bond donors (Lipinski definition) is 2. The van der Waals surface area contributed by atoms with E-state index < -0.39 is 0 Å². The average molecular weight is 305 g/mol. The summed E-state index contributed by atoms with van der Waals surface area (Å²) in [6.07, 6.45) is 5.09. The minimum atomic E-state index is -0.336. The SMILES string of the molecule is Nc1cc(-c2cc(F)cc3[nH]ccc23)nc(-c2ccncc2)n1. The largest absolute Gasteiger partial charge is 0.384 e. The highest BCUT2D eigenvalue weighted by Crippen LogP contribution is 2.30. The Morgan fingerprint density at radius 1 is 1.00 bits per heavy atom. The molecule has 4 rings (SSSR count). The maximum absolute atomic E-state index is 13.9. The van der Waals surface area contributed by atoms with Crippen LogP contribution < -0.4 is 5.73 Å². The van der Waals surface area contributed by atoms with E-state index in [1.165, 1.54) is 12.1 Å². The number of aromatic nitrogens is 4. The third-order valence-electron chi connectivity index (χ3n) is 3.59. The van der Waals surface area contributed by atoms with Gasteiger partial charge in [0.1, 0.15) is 11.6 Å². The second-order valence-corrected chi connectivity index (χ2v) is 5.13. The van der Waals surface area contributed by atoms with Crippen LogP contribution in [0.25, 0.3) is 33.5 Å². The highest BCUT2D eigenvalue weighted by molar-refractivity contribution is 5.94. The van der Waals surface area contributed by atoms with Gasteiger partial charge in [0.2, 0.25) is 0 Å². The molecule has 1 aromatic carbocycles. The van der Waals surface area contributed by atoms with Crippen molar-refractivity contribution in [3.63, 3.8) is 0 Å². The zero-order chi connectivity index (χ0) is 15.8. The molecule has 0 aliphatic heterocycles. The molecule has 6 heteroatoms. The number of H-pyrrole nitrogens is 1. The monoisotopic (exact) mass is 305 g/mol. The number of nitrogen functional groups attached to an aromatic ring is 1. The lowest BCUT2D eigenvalue weighted by Crippen LogP contribution is -1.98. The first kappa shape index (κ1) is 13.4. The molecule has 3 heterocycles. The molecule has 0 unspecified atom stereocenters. The van der Waals surface area contributed by atoms with Crippen molar-refractivity contribution < 1.29 is 4.39 Å². The number of benzene rings is 1. The molecule has 0 spiro atoms. The third-order valence-corrected chi connectivity index (χ3v) is 3.59. The van der Waals surface area contributed by atoms with Crippen molar-refractivity contribution in [2.75, 3.05) is 5.73 Å². The van der Waals surface area contributed by atoms with Crippen molar-refractivity contribution in [3.05, 3.63) is 60.8 Å². The van der Waals surface area contributed by atoms with Crippen LogP contribution >= 0.6 is 0 Å². The Morgan fingerprint density at radius 2 is 1.83 bits per heavy atom. The van der Waals surface area contributed by atoms with Crippen LogP contribution in [0.3, 0.4) is 0 Å². The summed E-state index contributed by atoms with van der Waals surface area (Å²) in [5, 5.41) is 0.880. The van der Waals surface area contributed by atoms with Crippen LogP contribution in [0.2, 0.25) is 0 Å². The van der Waals surface area contributed by atoms with Crippen molar-refractivity contribution in [1.29, 1.82) is 0 Å². The van der Waals surface area contributed by atoms with Gasteiger partial charge in [-0.2, -0.15) is 0 Å². The maximum Gasteiger partial charge on any atom is 0.162 e. The molecular weight excluding hydrogens is 293 g/mol. The van der Waals surface area contributed by atoms with Crippen LogP contribution in [0.4, 0.5) is 10.2 Å². The van der Waals surface area contributed by atoms with E-state index in [2.05, 4.69) is 19.9 Å². The minimum absolute atomic E-state index is 0.328. The number of anilines is 1. The predicted octanol–water partition coefficient (Wildman–Crippen LogP) is 3.41. The lowest BCUT2D eigenvalue weighted by molar-refractivity contribution is 0.630. The zero-order valence-electron chi connectivity index (χ0n) is 12.0. The summed E-state index contributed by atoms with van der Waals surface area (Å²) in [6.45, 7) is 0. The fourth-order valence-corrected chi connectivity index (χ4v) is 2.58. The van der Waals surface area contributed by atoms with Gasteiger partial charge in [-0.05, 0) is 30.3 Å². The third kappa shape index (κ3) is 2.40. The first-order valence-electron chi connectivity index (χ1n) is 7.03. The van der Waals surface area contributed by atoms with Crippen molar-refractivity contribution in [2.45, 2.75) is 0 Å². The van der Waals surface area contributed by atoms with E-state index in [9.17, 15) is 4.39 Å². The molecule has 0 bridgehead atoms. The van der Waals surface area contributed by atoms with Gasteiger partial charge in [-0.25, -0.2) is 14.4 Å². The average Bonchev–Trinajstić information content (AvgIpc) is 3.02. The van der Waals surface area contributed by atoms with Crippen molar-refractivity contribution in [1.82, 2.24) is 19.9 Å². The summed E-state index contributed by atoms with van der Waals surface area (Å²) in [4.78, 5) is 15.8. The summed E-state index contributed by atoms with van der Waals surface area (Å²) in [6, 6.07) is 10.0. The van der Waals surface area contributed by atoms with E-state index in [0.29, 0.717) is 28.4 Å². The number of nitrogens with one attached hydrogen (secondary N) is 1. The van der Waals surface area contributed by atoms with E-state index in [4.69, 9.17) is 5.73 Å². The van der Waals surface area contributed by atoms with Crippen molar-refractivity contribution in [3.8, 4) is 22.6 Å². The Balaban J connectivity index is 1.95. The smallest absolute Gasteiger partial charge is 0.162 e. The number of rotatable bonds is 2. The van der Waals surface area contributed by atoms with Gasteiger partial charge >= 0.3 is 0 Å². The summed E-state index contributed by atoms with van der Waals surface area (Å²) in [5.74, 6) is 0.475. The van der Waals surface area contributed by atoms with E-state index in [-0.39, 0.29) is 5.82 Å². The topological polar surface area (TPSA) is 80.5 Å². The lowest BCUT2D eigenvalue weighted by atomic mass is 10.1. The van der Waals surface area contributed by atoms with Crippen LogP contribution in [0.15, 0.2) is 55.0 Å². The summed E-state index contributed by atoms with van der Waals surface area (Å²) in [7, 11) is 0. The molecule has 3 aromatic heterocycles.